The van der Waals surface area contributed by atoms with E-state index in [4.69, 9.17) is 0 Å². The van der Waals surface area contributed by atoms with E-state index in [1.54, 1.807) is 0 Å². The quantitative estimate of drug-likeness (QED) is 0.700. The predicted octanol–water partition coefficient (Wildman–Crippen LogP) is 0.670. The minimum absolute atomic E-state index is 0.744. The maximum atomic E-state index is 3.62. The van der Waals surface area contributed by atoms with Crippen molar-refractivity contribution in [3.63, 3.8) is 0 Å². The van der Waals surface area contributed by atoms with Gasteiger partial charge in [-0.1, -0.05) is 6.92 Å². The molecule has 2 heterocycles. The fourth-order valence-electron chi connectivity index (χ4n) is 2.76. The highest BCUT2D eigenvalue weighted by atomic mass is 15.1. The van der Waals surface area contributed by atoms with Crippen LogP contribution in [0.2, 0.25) is 0 Å². The monoisotopic (exact) mass is 211 g/mol. The van der Waals surface area contributed by atoms with Gasteiger partial charge in [0.05, 0.1) is 0 Å². The highest BCUT2D eigenvalue weighted by Gasteiger charge is 2.21. The average Bonchev–Trinajstić information content (AvgIpc) is 2.88. The molecule has 2 unspecified atom stereocenters. The van der Waals surface area contributed by atoms with E-state index in [0.717, 1.165) is 12.0 Å². The summed E-state index contributed by atoms with van der Waals surface area (Å²) in [6, 6.07) is 0.744. The lowest BCUT2D eigenvalue weighted by Gasteiger charge is -2.15. The van der Waals surface area contributed by atoms with Crippen LogP contribution in [-0.4, -0.2) is 50.2 Å². The fourth-order valence-corrected chi connectivity index (χ4v) is 2.76. The van der Waals surface area contributed by atoms with E-state index in [2.05, 4.69) is 22.5 Å². The Hall–Kier alpha value is -0.120. The SMILES string of the molecule is CCN1CCC(CNCC2CCCN2)C1. The Labute approximate surface area is 93.6 Å². The lowest BCUT2D eigenvalue weighted by molar-refractivity contribution is 0.337. The summed E-state index contributed by atoms with van der Waals surface area (Å²) >= 11 is 0. The van der Waals surface area contributed by atoms with Gasteiger partial charge in [0.25, 0.3) is 0 Å². The summed E-state index contributed by atoms with van der Waals surface area (Å²) in [6.07, 6.45) is 4.11. The van der Waals surface area contributed by atoms with E-state index in [1.165, 1.54) is 58.5 Å². The highest BCUT2D eigenvalue weighted by molar-refractivity contribution is 4.79. The second kappa shape index (κ2) is 5.83. The van der Waals surface area contributed by atoms with E-state index in [-0.39, 0.29) is 0 Å². The Kier molecular flexibility index (Phi) is 4.42. The van der Waals surface area contributed by atoms with E-state index >= 15 is 0 Å². The summed E-state index contributed by atoms with van der Waals surface area (Å²) in [5.74, 6) is 0.895. The van der Waals surface area contributed by atoms with E-state index in [1.807, 2.05) is 0 Å². The van der Waals surface area contributed by atoms with Crippen LogP contribution in [-0.2, 0) is 0 Å². The highest BCUT2D eigenvalue weighted by Crippen LogP contribution is 2.14. The van der Waals surface area contributed by atoms with Gasteiger partial charge in [-0.25, -0.2) is 0 Å². The number of hydrogen-bond donors (Lipinski definition) is 2. The van der Waals surface area contributed by atoms with Gasteiger partial charge in [0.15, 0.2) is 0 Å². The molecule has 3 heteroatoms. The predicted molar refractivity (Wildman–Crippen MR) is 64.1 cm³/mol. The summed E-state index contributed by atoms with van der Waals surface area (Å²) < 4.78 is 0. The molecule has 0 spiro atoms. The van der Waals surface area contributed by atoms with Crippen LogP contribution in [0.3, 0.4) is 0 Å². The summed E-state index contributed by atoms with van der Waals surface area (Å²) in [7, 11) is 0. The Bertz CT molecular complexity index is 178. The Balaban J connectivity index is 1.54. The van der Waals surface area contributed by atoms with Gasteiger partial charge in [0.2, 0.25) is 0 Å². The maximum absolute atomic E-state index is 3.62. The van der Waals surface area contributed by atoms with Gasteiger partial charge in [-0.2, -0.15) is 0 Å². The first-order chi connectivity index (χ1) is 7.38. The number of hydrogen-bond acceptors (Lipinski definition) is 3. The van der Waals surface area contributed by atoms with E-state index in [9.17, 15) is 0 Å². The number of rotatable bonds is 5. The van der Waals surface area contributed by atoms with Gasteiger partial charge in [0, 0.05) is 19.1 Å². The zero-order valence-electron chi connectivity index (χ0n) is 9.97. The second-order valence-corrected chi connectivity index (χ2v) is 5.00. The average molecular weight is 211 g/mol. The maximum Gasteiger partial charge on any atom is 0.0192 e. The largest absolute Gasteiger partial charge is 0.315 e. The molecule has 2 rings (SSSR count). The third-order valence-corrected chi connectivity index (χ3v) is 3.80. The molecule has 88 valence electrons. The van der Waals surface area contributed by atoms with Crippen molar-refractivity contribution in [3.05, 3.63) is 0 Å². The fraction of sp³-hybridized carbons (Fsp3) is 1.00. The molecule has 0 aromatic rings. The van der Waals surface area contributed by atoms with Crippen LogP contribution in [0.5, 0.6) is 0 Å². The molecule has 0 radical (unpaired) electrons. The summed E-state index contributed by atoms with van der Waals surface area (Å²) in [4.78, 5) is 2.56. The Morgan fingerprint density at radius 1 is 1.33 bits per heavy atom. The molecule has 2 fully saturated rings. The molecule has 0 bridgehead atoms. The van der Waals surface area contributed by atoms with E-state index in [0.29, 0.717) is 0 Å². The van der Waals surface area contributed by atoms with Crippen LogP contribution in [0.15, 0.2) is 0 Å². The normalized spacial score (nSPS) is 32.6. The van der Waals surface area contributed by atoms with Gasteiger partial charge in [-0.05, 0) is 51.4 Å². The van der Waals surface area contributed by atoms with Crippen LogP contribution < -0.4 is 10.6 Å². The first-order valence-electron chi connectivity index (χ1n) is 6.55. The number of likely N-dealkylation sites (tertiary alicyclic amines) is 1. The van der Waals surface area contributed by atoms with Crippen molar-refractivity contribution in [1.29, 1.82) is 0 Å². The zero-order chi connectivity index (χ0) is 10.5. The molecule has 0 saturated carbocycles. The number of nitrogens with zero attached hydrogens (tertiary/aromatic N) is 1. The van der Waals surface area contributed by atoms with Gasteiger partial charge in [-0.15, -0.1) is 0 Å². The lowest BCUT2D eigenvalue weighted by atomic mass is 10.1. The van der Waals surface area contributed by atoms with Crippen LogP contribution in [0, 0.1) is 5.92 Å². The van der Waals surface area contributed by atoms with Crippen molar-refractivity contribution in [3.8, 4) is 0 Å². The Morgan fingerprint density at radius 2 is 2.27 bits per heavy atom. The molecule has 2 aliphatic heterocycles. The minimum atomic E-state index is 0.744. The number of nitrogens with one attached hydrogen (secondary N) is 2. The summed E-state index contributed by atoms with van der Waals surface area (Å²) in [5.41, 5.74) is 0. The van der Waals surface area contributed by atoms with Crippen molar-refractivity contribution in [2.24, 2.45) is 5.92 Å². The third kappa shape index (κ3) is 3.44. The summed E-state index contributed by atoms with van der Waals surface area (Å²) in [5, 5.41) is 7.15. The van der Waals surface area contributed by atoms with Crippen molar-refractivity contribution in [2.75, 3.05) is 39.3 Å². The van der Waals surface area contributed by atoms with Gasteiger partial charge < -0.3 is 15.5 Å². The lowest BCUT2D eigenvalue weighted by Crippen LogP contribution is -2.36. The van der Waals surface area contributed by atoms with Crippen molar-refractivity contribution < 1.29 is 0 Å². The summed E-state index contributed by atoms with van der Waals surface area (Å²) in [6.45, 7) is 9.71. The van der Waals surface area contributed by atoms with Gasteiger partial charge in [0.1, 0.15) is 0 Å². The van der Waals surface area contributed by atoms with E-state index < -0.39 is 0 Å². The van der Waals surface area contributed by atoms with Crippen LogP contribution in [0.4, 0.5) is 0 Å². The zero-order valence-corrected chi connectivity index (χ0v) is 9.97. The first-order valence-corrected chi connectivity index (χ1v) is 6.55. The molecule has 2 atom stereocenters. The standard InChI is InChI=1S/C12H25N3/c1-2-15-7-5-11(10-15)8-13-9-12-4-3-6-14-12/h11-14H,2-10H2,1H3. The molecule has 2 aliphatic rings. The molecule has 0 aliphatic carbocycles. The third-order valence-electron chi connectivity index (χ3n) is 3.80. The van der Waals surface area contributed by atoms with Crippen molar-refractivity contribution >= 4 is 0 Å². The molecule has 0 aromatic heterocycles. The van der Waals surface area contributed by atoms with Crippen molar-refractivity contribution in [2.45, 2.75) is 32.2 Å². The molecule has 0 aromatic carbocycles. The van der Waals surface area contributed by atoms with Crippen LogP contribution >= 0.6 is 0 Å². The molecule has 15 heavy (non-hydrogen) atoms. The molecule has 0 amide bonds. The Morgan fingerprint density at radius 3 is 2.93 bits per heavy atom. The molecule has 2 saturated heterocycles. The smallest absolute Gasteiger partial charge is 0.0192 e. The van der Waals surface area contributed by atoms with Gasteiger partial charge in [-0.3, -0.25) is 0 Å². The second-order valence-electron chi connectivity index (χ2n) is 5.00. The first kappa shape index (κ1) is 11.4. The topological polar surface area (TPSA) is 27.3 Å². The van der Waals surface area contributed by atoms with Crippen LogP contribution in [0.25, 0.3) is 0 Å². The van der Waals surface area contributed by atoms with Gasteiger partial charge >= 0.3 is 0 Å². The molecule has 3 nitrogen and oxygen atoms in total. The minimum Gasteiger partial charge on any atom is -0.315 e. The molecule has 2 N–H and O–H groups in total. The van der Waals surface area contributed by atoms with Crippen LogP contribution in [0.1, 0.15) is 26.2 Å². The molecular weight excluding hydrogens is 186 g/mol. The van der Waals surface area contributed by atoms with Crippen molar-refractivity contribution in [1.82, 2.24) is 15.5 Å². The molecular formula is C12H25N3.